The summed E-state index contributed by atoms with van der Waals surface area (Å²) in [5, 5.41) is 0.805. The number of thioether (sulfide) groups is 2. The van der Waals surface area contributed by atoms with Crippen LogP contribution in [0.15, 0.2) is 25.3 Å². The van der Waals surface area contributed by atoms with Gasteiger partial charge in [-0.3, -0.25) is 0 Å². The fraction of sp³-hybridized carbons (Fsp3) is 0.333. The molecule has 0 saturated carbocycles. The molecule has 2 unspecified atom stereocenters. The molecule has 10 heteroatoms. The van der Waals surface area contributed by atoms with Crippen molar-refractivity contribution in [2.75, 3.05) is 11.5 Å². The number of rotatable bonds is 6. The van der Waals surface area contributed by atoms with Crippen LogP contribution in [-0.4, -0.2) is 22.0 Å². The maximum absolute atomic E-state index is 7.50. The summed E-state index contributed by atoms with van der Waals surface area (Å²) in [5.41, 5.74) is 0. The van der Waals surface area contributed by atoms with Crippen LogP contribution in [0.5, 0.6) is 0 Å². The molecule has 0 aromatic rings. The van der Waals surface area contributed by atoms with E-state index in [0.717, 1.165) is 11.5 Å². The third-order valence-electron chi connectivity index (χ3n) is 1.42. The summed E-state index contributed by atoms with van der Waals surface area (Å²) in [7, 11) is 0. The van der Waals surface area contributed by atoms with E-state index in [0.29, 0.717) is 10.5 Å². The van der Waals surface area contributed by atoms with Crippen LogP contribution in [0, 0.1) is 51.7 Å². The summed E-state index contributed by atoms with van der Waals surface area (Å²) in [6, 6.07) is 0. The van der Waals surface area contributed by atoms with E-state index in [4.69, 9.17) is 27.9 Å². The van der Waals surface area contributed by atoms with Gasteiger partial charge in [-0.2, -0.15) is 0 Å². The summed E-state index contributed by atoms with van der Waals surface area (Å²) >= 11 is 3.64. The summed E-state index contributed by atoms with van der Waals surface area (Å²) in [5.74, 6) is 8.42. The zero-order chi connectivity index (χ0) is 22.8. The van der Waals surface area contributed by atoms with Crippen LogP contribution < -0.4 is 0 Å². The third kappa shape index (κ3) is 99.2. The molecule has 0 fully saturated rings. The molecule has 0 saturated heterocycles. The van der Waals surface area contributed by atoms with Gasteiger partial charge in [0.1, 0.15) is 0 Å². The van der Waals surface area contributed by atoms with Gasteiger partial charge in [-0.25, -0.2) is 0 Å². The van der Waals surface area contributed by atoms with Crippen LogP contribution in [0.1, 0.15) is 13.8 Å². The van der Waals surface area contributed by atoms with E-state index < -0.39 is 0 Å². The average Bonchev–Trinajstić information content (AvgIpc) is 2.77. The Morgan fingerprint density at radius 3 is 0.964 bits per heavy atom. The van der Waals surface area contributed by atoms with Gasteiger partial charge >= 0.3 is 67.8 Å². The Morgan fingerprint density at radius 1 is 0.643 bits per heavy atom. The Morgan fingerprint density at radius 2 is 0.821 bits per heavy atom. The molecule has 156 valence electrons. The van der Waals surface area contributed by atoms with E-state index >= 15 is 0 Å². The fourth-order valence-corrected chi connectivity index (χ4v) is 1.90. The molecule has 0 N–H and O–H groups in total. The summed E-state index contributed by atoms with van der Waals surface area (Å²) in [6.45, 7) is 38.6. The Kier molecular flexibility index (Phi) is 192. The molecule has 0 aliphatic heterocycles. The van der Waals surface area contributed by atoms with E-state index in [1.165, 1.54) is 0 Å². The first-order valence-electron chi connectivity index (χ1n) is 5.89. The predicted octanol–water partition coefficient (Wildman–Crippen LogP) is 3.38. The minimum atomic E-state index is 0. The standard InChI is InChI=1S/C12H18S2.6CO.2Co/c1-5-9-13-11(3)7-8-12(4)14-10-6-2;6*1-2;;/h5-6,11-12H,1-2,9-10H2,3-4H3;;;;;;;;. The monoisotopic (exact) mass is 512 g/mol. The van der Waals surface area contributed by atoms with Crippen molar-refractivity contribution in [2.45, 2.75) is 24.3 Å². The van der Waals surface area contributed by atoms with Crippen LogP contribution in [0.25, 0.3) is 0 Å². The molecule has 0 spiro atoms. The van der Waals surface area contributed by atoms with Crippen LogP contribution in [0.3, 0.4) is 0 Å². The quantitative estimate of drug-likeness (QED) is 0.235. The molecule has 0 rings (SSSR count). The van der Waals surface area contributed by atoms with Crippen molar-refractivity contribution in [1.82, 2.24) is 0 Å². The predicted molar refractivity (Wildman–Crippen MR) is 95.6 cm³/mol. The third-order valence-corrected chi connectivity index (χ3v) is 3.51. The first-order chi connectivity index (χ1) is 12.7. The molecule has 0 aliphatic rings. The molecule has 0 heterocycles. The van der Waals surface area contributed by atoms with Crippen LogP contribution in [-0.2, 0) is 61.5 Å². The van der Waals surface area contributed by atoms with Gasteiger partial charge in [-0.1, -0.05) is 24.0 Å². The summed E-state index contributed by atoms with van der Waals surface area (Å²) < 4.78 is 45.0. The van der Waals surface area contributed by atoms with E-state index in [2.05, 4.69) is 78.7 Å². The van der Waals surface area contributed by atoms with Gasteiger partial charge in [0, 0.05) is 45.1 Å². The maximum Gasteiger partial charge on any atom is 0 e. The van der Waals surface area contributed by atoms with Gasteiger partial charge < -0.3 is 0 Å². The number of hydrogen-bond donors (Lipinski definition) is 0. The minimum absolute atomic E-state index is 0. The van der Waals surface area contributed by atoms with E-state index in [9.17, 15) is 0 Å². The summed E-state index contributed by atoms with van der Waals surface area (Å²) in [4.78, 5) is 0. The first-order valence-corrected chi connectivity index (χ1v) is 7.99. The average molecular weight is 512 g/mol. The second-order valence-electron chi connectivity index (χ2n) is 2.82. The number of hydrogen-bond acceptors (Lipinski definition) is 2. The maximum atomic E-state index is 7.50. The van der Waals surface area contributed by atoms with Crippen molar-refractivity contribution in [3.8, 4) is 11.8 Å². The van der Waals surface area contributed by atoms with Gasteiger partial charge in [0.05, 0.1) is 10.5 Å². The first kappa shape index (κ1) is 56.4. The van der Waals surface area contributed by atoms with Gasteiger partial charge in [0.2, 0.25) is 0 Å². The molecule has 0 bridgehead atoms. The normalized spacial score (nSPS) is 7.21. The summed E-state index contributed by atoms with van der Waals surface area (Å²) in [6.07, 6.45) is 3.83. The molecular formula is C18H18Co2O6S2. The van der Waals surface area contributed by atoms with Gasteiger partial charge in [0.15, 0.2) is 0 Å². The van der Waals surface area contributed by atoms with E-state index in [1.54, 1.807) is 0 Å². The smallest absolute Gasteiger partial charge is 0 e. The topological polar surface area (TPSA) is 119 Å². The van der Waals surface area contributed by atoms with Gasteiger partial charge in [0.25, 0.3) is 0 Å². The van der Waals surface area contributed by atoms with E-state index in [-0.39, 0.29) is 33.6 Å². The van der Waals surface area contributed by atoms with Crippen molar-refractivity contribution in [1.29, 1.82) is 0 Å². The molecule has 2 radical (unpaired) electrons. The van der Waals surface area contributed by atoms with Crippen molar-refractivity contribution in [2.24, 2.45) is 0 Å². The molecule has 0 aromatic carbocycles. The molecule has 6 nitrogen and oxygen atoms in total. The van der Waals surface area contributed by atoms with E-state index in [1.807, 2.05) is 35.7 Å². The Hall–Kier alpha value is -0.807. The van der Waals surface area contributed by atoms with Crippen molar-refractivity contribution >= 4 is 23.5 Å². The minimum Gasteiger partial charge on any atom is 0 e. The zero-order valence-electron chi connectivity index (χ0n) is 15.1. The molecular weight excluding hydrogens is 494 g/mol. The Bertz CT molecular complexity index is 391. The van der Waals surface area contributed by atoms with Gasteiger partial charge in [-0.15, -0.1) is 36.7 Å². The second-order valence-corrected chi connectivity index (χ2v) is 5.56. The van der Waals surface area contributed by atoms with Crippen LogP contribution in [0.2, 0.25) is 0 Å². The Balaban J connectivity index is -0.0000000315. The second kappa shape index (κ2) is 95.5. The molecule has 28 heavy (non-hydrogen) atoms. The van der Waals surface area contributed by atoms with Crippen molar-refractivity contribution < 1.29 is 61.5 Å². The van der Waals surface area contributed by atoms with Crippen molar-refractivity contribution in [3.63, 3.8) is 0 Å². The largest absolute Gasteiger partial charge is 0 e. The SMILES string of the molecule is C=CCSC(C)C#CC(C)SCC=C.[C-]#[O+].[C-]#[O+].[C-]#[O+].[C-]#[O+].[C-]#[O+].[C-]#[O+].[Co].[Co]. The van der Waals surface area contributed by atoms with Gasteiger partial charge in [-0.05, 0) is 13.8 Å². The van der Waals surface area contributed by atoms with Crippen LogP contribution in [0.4, 0.5) is 0 Å². The Labute approximate surface area is 197 Å². The molecule has 0 aromatic heterocycles. The fourth-order valence-electron chi connectivity index (χ4n) is 0.743. The van der Waals surface area contributed by atoms with Crippen molar-refractivity contribution in [3.05, 3.63) is 65.2 Å². The molecule has 0 aliphatic carbocycles. The van der Waals surface area contributed by atoms with Crippen LogP contribution >= 0.6 is 23.5 Å². The zero-order valence-corrected chi connectivity index (χ0v) is 18.8. The molecule has 2 atom stereocenters. The molecule has 0 amide bonds.